The number of halogens is 2. The van der Waals surface area contributed by atoms with E-state index in [4.69, 9.17) is 4.74 Å². The van der Waals surface area contributed by atoms with Crippen LogP contribution in [-0.2, 0) is 0 Å². The van der Waals surface area contributed by atoms with E-state index in [1.54, 1.807) is 13.0 Å². The first kappa shape index (κ1) is 12.4. The molecule has 1 atom stereocenters. The minimum Gasteiger partial charge on any atom is -0.489 e. The molecule has 0 saturated carbocycles. The SMILES string of the molecule is C=CC[C@H](C)Oc1cc(F)cc(F)c1C=O. The lowest BCUT2D eigenvalue weighted by Crippen LogP contribution is -2.12. The number of rotatable bonds is 5. The van der Waals surface area contributed by atoms with Gasteiger partial charge in [0.2, 0.25) is 0 Å². The molecular formula is C12H12F2O2. The third kappa shape index (κ3) is 2.89. The molecule has 86 valence electrons. The van der Waals surface area contributed by atoms with Gasteiger partial charge >= 0.3 is 0 Å². The first-order chi connectivity index (χ1) is 7.58. The summed E-state index contributed by atoms with van der Waals surface area (Å²) in [6, 6.07) is 1.64. The Bertz CT molecular complexity index is 402. The number of ether oxygens (including phenoxy) is 1. The predicted octanol–water partition coefficient (Wildman–Crippen LogP) is 3.12. The number of carbonyl (C=O) groups is 1. The van der Waals surface area contributed by atoms with Gasteiger partial charge in [0.15, 0.2) is 6.29 Å². The maximum absolute atomic E-state index is 13.2. The summed E-state index contributed by atoms with van der Waals surface area (Å²) in [5, 5.41) is 0. The molecule has 0 aliphatic heterocycles. The normalized spacial score (nSPS) is 11.9. The highest BCUT2D eigenvalue weighted by Crippen LogP contribution is 2.23. The van der Waals surface area contributed by atoms with Gasteiger partial charge < -0.3 is 4.74 Å². The van der Waals surface area contributed by atoms with E-state index in [9.17, 15) is 13.6 Å². The van der Waals surface area contributed by atoms with E-state index < -0.39 is 11.6 Å². The maximum atomic E-state index is 13.2. The molecule has 0 amide bonds. The van der Waals surface area contributed by atoms with Crippen molar-refractivity contribution in [2.75, 3.05) is 0 Å². The quantitative estimate of drug-likeness (QED) is 0.569. The molecule has 0 fully saturated rings. The smallest absolute Gasteiger partial charge is 0.156 e. The fourth-order valence-electron chi connectivity index (χ4n) is 1.27. The van der Waals surface area contributed by atoms with Crippen LogP contribution in [0, 0.1) is 11.6 Å². The van der Waals surface area contributed by atoms with Gasteiger partial charge in [-0.3, -0.25) is 4.79 Å². The van der Waals surface area contributed by atoms with E-state index in [0.717, 1.165) is 6.07 Å². The Hall–Kier alpha value is -1.71. The summed E-state index contributed by atoms with van der Waals surface area (Å²) in [5.41, 5.74) is -0.266. The van der Waals surface area contributed by atoms with Crippen LogP contribution in [0.25, 0.3) is 0 Å². The first-order valence-electron chi connectivity index (χ1n) is 4.80. The maximum Gasteiger partial charge on any atom is 0.156 e. The molecule has 0 saturated heterocycles. The van der Waals surface area contributed by atoms with Crippen LogP contribution >= 0.6 is 0 Å². The van der Waals surface area contributed by atoms with E-state index in [1.807, 2.05) is 0 Å². The molecule has 1 rings (SSSR count). The second kappa shape index (κ2) is 5.39. The van der Waals surface area contributed by atoms with Gasteiger partial charge in [-0.15, -0.1) is 6.58 Å². The number of carbonyl (C=O) groups excluding carboxylic acids is 1. The summed E-state index contributed by atoms with van der Waals surface area (Å²) < 4.78 is 31.4. The predicted molar refractivity (Wildman–Crippen MR) is 56.6 cm³/mol. The summed E-state index contributed by atoms with van der Waals surface area (Å²) >= 11 is 0. The molecule has 16 heavy (non-hydrogen) atoms. The van der Waals surface area contributed by atoms with Crippen LogP contribution in [-0.4, -0.2) is 12.4 Å². The highest BCUT2D eigenvalue weighted by Gasteiger charge is 2.13. The van der Waals surface area contributed by atoms with Gasteiger partial charge in [-0.05, 0) is 6.92 Å². The van der Waals surface area contributed by atoms with Gasteiger partial charge in [0.25, 0.3) is 0 Å². The van der Waals surface area contributed by atoms with Gasteiger partial charge in [0, 0.05) is 18.6 Å². The lowest BCUT2D eigenvalue weighted by molar-refractivity contribution is 0.111. The lowest BCUT2D eigenvalue weighted by Gasteiger charge is -2.14. The highest BCUT2D eigenvalue weighted by atomic mass is 19.1. The topological polar surface area (TPSA) is 26.3 Å². The van der Waals surface area contributed by atoms with Crippen molar-refractivity contribution in [3.63, 3.8) is 0 Å². The summed E-state index contributed by atoms with van der Waals surface area (Å²) in [6.07, 6.45) is 2.17. The second-order valence-electron chi connectivity index (χ2n) is 3.37. The Morgan fingerprint density at radius 2 is 2.19 bits per heavy atom. The molecule has 0 aliphatic rings. The third-order valence-electron chi connectivity index (χ3n) is 2.00. The van der Waals surface area contributed by atoms with Gasteiger partial charge in [-0.1, -0.05) is 6.08 Å². The number of hydrogen-bond acceptors (Lipinski definition) is 2. The van der Waals surface area contributed by atoms with Crippen LogP contribution in [0.15, 0.2) is 24.8 Å². The van der Waals surface area contributed by atoms with Crippen molar-refractivity contribution in [2.24, 2.45) is 0 Å². The molecule has 4 heteroatoms. The van der Waals surface area contributed by atoms with Crippen molar-refractivity contribution in [1.29, 1.82) is 0 Å². The van der Waals surface area contributed by atoms with Crippen molar-refractivity contribution < 1.29 is 18.3 Å². The van der Waals surface area contributed by atoms with Crippen molar-refractivity contribution >= 4 is 6.29 Å². The minimum absolute atomic E-state index is 0.0816. The fourth-order valence-corrected chi connectivity index (χ4v) is 1.27. The molecule has 0 unspecified atom stereocenters. The van der Waals surface area contributed by atoms with E-state index in [-0.39, 0.29) is 17.4 Å². The molecule has 0 heterocycles. The largest absolute Gasteiger partial charge is 0.489 e. The molecule has 1 aromatic rings. The Morgan fingerprint density at radius 1 is 1.50 bits per heavy atom. The molecule has 2 nitrogen and oxygen atoms in total. The monoisotopic (exact) mass is 226 g/mol. The van der Waals surface area contributed by atoms with Crippen LogP contribution in [0.5, 0.6) is 5.75 Å². The summed E-state index contributed by atoms with van der Waals surface area (Å²) in [7, 11) is 0. The molecule has 0 aromatic heterocycles. The van der Waals surface area contributed by atoms with Crippen LogP contribution in [0.1, 0.15) is 23.7 Å². The molecule has 0 aliphatic carbocycles. The van der Waals surface area contributed by atoms with E-state index in [0.29, 0.717) is 18.8 Å². The molecule has 0 radical (unpaired) electrons. The van der Waals surface area contributed by atoms with E-state index in [1.165, 1.54) is 0 Å². The van der Waals surface area contributed by atoms with E-state index in [2.05, 4.69) is 6.58 Å². The molecular weight excluding hydrogens is 214 g/mol. The third-order valence-corrected chi connectivity index (χ3v) is 2.00. The highest BCUT2D eigenvalue weighted by molar-refractivity contribution is 5.79. The number of hydrogen-bond donors (Lipinski definition) is 0. The first-order valence-corrected chi connectivity index (χ1v) is 4.80. The van der Waals surface area contributed by atoms with Crippen molar-refractivity contribution in [3.8, 4) is 5.75 Å². The average Bonchev–Trinajstić information content (AvgIpc) is 2.17. The Kier molecular flexibility index (Phi) is 4.17. The molecule has 0 bridgehead atoms. The van der Waals surface area contributed by atoms with Crippen molar-refractivity contribution in [2.45, 2.75) is 19.4 Å². The van der Waals surface area contributed by atoms with Crippen LogP contribution < -0.4 is 4.74 Å². The summed E-state index contributed by atoms with van der Waals surface area (Å²) in [4.78, 5) is 10.6. The Morgan fingerprint density at radius 3 is 2.75 bits per heavy atom. The average molecular weight is 226 g/mol. The van der Waals surface area contributed by atoms with Crippen LogP contribution in [0.2, 0.25) is 0 Å². The van der Waals surface area contributed by atoms with Gasteiger partial charge in [0.1, 0.15) is 17.4 Å². The van der Waals surface area contributed by atoms with E-state index >= 15 is 0 Å². The zero-order valence-corrected chi connectivity index (χ0v) is 8.87. The number of aldehydes is 1. The fraction of sp³-hybridized carbons (Fsp3) is 0.250. The second-order valence-corrected chi connectivity index (χ2v) is 3.37. The van der Waals surface area contributed by atoms with Crippen molar-refractivity contribution in [3.05, 3.63) is 42.0 Å². The standard InChI is InChI=1S/C12H12F2O2/c1-3-4-8(2)16-12-6-9(13)5-11(14)10(12)7-15/h3,5-8H,1,4H2,2H3/t8-/m0/s1. The zero-order valence-electron chi connectivity index (χ0n) is 8.87. The molecule has 0 spiro atoms. The Balaban J connectivity index is 3.01. The van der Waals surface area contributed by atoms with Gasteiger partial charge in [-0.25, -0.2) is 8.78 Å². The Labute approximate surface area is 92.5 Å². The van der Waals surface area contributed by atoms with Gasteiger partial charge in [-0.2, -0.15) is 0 Å². The van der Waals surface area contributed by atoms with Crippen molar-refractivity contribution in [1.82, 2.24) is 0 Å². The van der Waals surface area contributed by atoms with Gasteiger partial charge in [0.05, 0.1) is 11.7 Å². The lowest BCUT2D eigenvalue weighted by atomic mass is 10.2. The zero-order chi connectivity index (χ0) is 12.1. The number of benzene rings is 1. The summed E-state index contributed by atoms with van der Waals surface area (Å²) in [5.74, 6) is -1.78. The summed E-state index contributed by atoms with van der Waals surface area (Å²) in [6.45, 7) is 5.24. The molecule has 0 N–H and O–H groups in total. The van der Waals surface area contributed by atoms with Crippen LogP contribution in [0.3, 0.4) is 0 Å². The molecule has 1 aromatic carbocycles. The van der Waals surface area contributed by atoms with Crippen LogP contribution in [0.4, 0.5) is 8.78 Å². The minimum atomic E-state index is -0.921.